The van der Waals surface area contributed by atoms with Crippen molar-refractivity contribution in [2.75, 3.05) is 0 Å². The number of halogens is 1. The second-order valence-electron chi connectivity index (χ2n) is 6.24. The van der Waals surface area contributed by atoms with Crippen LogP contribution < -0.4 is 4.74 Å². The summed E-state index contributed by atoms with van der Waals surface area (Å²) >= 11 is 6.19. The summed E-state index contributed by atoms with van der Waals surface area (Å²) in [6, 6.07) is 13.3. The molecule has 0 fully saturated rings. The molecule has 2 nitrogen and oxygen atoms in total. The monoisotopic (exact) mass is 304 g/mol. The van der Waals surface area contributed by atoms with Crippen molar-refractivity contribution in [1.82, 2.24) is 0 Å². The van der Waals surface area contributed by atoms with Crippen molar-refractivity contribution in [3.63, 3.8) is 0 Å². The molecule has 0 aliphatic heterocycles. The summed E-state index contributed by atoms with van der Waals surface area (Å²) in [4.78, 5) is 0. The molecular weight excluding hydrogens is 284 g/mol. The van der Waals surface area contributed by atoms with Gasteiger partial charge >= 0.3 is 0 Å². The second-order valence-corrected chi connectivity index (χ2v) is 6.65. The first-order valence-corrected chi connectivity index (χ1v) is 7.41. The van der Waals surface area contributed by atoms with Gasteiger partial charge in [-0.05, 0) is 47.7 Å². The zero-order valence-corrected chi connectivity index (χ0v) is 13.6. The van der Waals surface area contributed by atoms with E-state index in [2.05, 4.69) is 32.9 Å². The first-order valence-electron chi connectivity index (χ1n) is 7.03. The molecule has 0 aromatic heterocycles. The minimum Gasteiger partial charge on any atom is -0.456 e. The van der Waals surface area contributed by atoms with Crippen LogP contribution in [0.1, 0.15) is 44.9 Å². The summed E-state index contributed by atoms with van der Waals surface area (Å²) < 4.78 is 5.80. The van der Waals surface area contributed by atoms with Gasteiger partial charge in [0.25, 0.3) is 0 Å². The van der Waals surface area contributed by atoms with Gasteiger partial charge in [0.15, 0.2) is 0 Å². The van der Waals surface area contributed by atoms with E-state index in [1.54, 1.807) is 19.1 Å². The van der Waals surface area contributed by atoms with Gasteiger partial charge in [-0.3, -0.25) is 0 Å². The topological polar surface area (TPSA) is 29.5 Å². The molecule has 0 amide bonds. The minimum absolute atomic E-state index is 0.120. The molecule has 0 aliphatic carbocycles. The van der Waals surface area contributed by atoms with Crippen LogP contribution in [0, 0.1) is 0 Å². The Hall–Kier alpha value is -1.51. The van der Waals surface area contributed by atoms with Crippen molar-refractivity contribution in [2.24, 2.45) is 0 Å². The van der Waals surface area contributed by atoms with E-state index >= 15 is 0 Å². The van der Waals surface area contributed by atoms with Crippen molar-refractivity contribution in [3.05, 3.63) is 58.6 Å². The molecule has 2 aromatic rings. The fourth-order valence-corrected chi connectivity index (χ4v) is 2.24. The molecule has 2 rings (SSSR count). The third-order valence-electron chi connectivity index (χ3n) is 3.39. The van der Waals surface area contributed by atoms with E-state index in [0.717, 1.165) is 11.3 Å². The largest absolute Gasteiger partial charge is 0.456 e. The van der Waals surface area contributed by atoms with E-state index in [1.165, 1.54) is 5.56 Å². The Morgan fingerprint density at radius 3 is 2.14 bits per heavy atom. The number of aliphatic hydroxyl groups is 1. The van der Waals surface area contributed by atoms with Gasteiger partial charge in [0.05, 0.1) is 11.1 Å². The molecule has 0 heterocycles. The third kappa shape index (κ3) is 3.99. The maximum absolute atomic E-state index is 9.54. The number of benzene rings is 2. The summed E-state index contributed by atoms with van der Waals surface area (Å²) in [5.74, 6) is 1.33. The highest BCUT2D eigenvalue weighted by Gasteiger charge is 2.13. The molecule has 0 unspecified atom stereocenters. The smallest absolute Gasteiger partial charge is 0.146 e. The first kappa shape index (κ1) is 15.9. The second kappa shape index (κ2) is 6.08. The van der Waals surface area contributed by atoms with Crippen molar-refractivity contribution in [1.29, 1.82) is 0 Å². The molecule has 112 valence electrons. The normalized spacial score (nSPS) is 13.0. The van der Waals surface area contributed by atoms with Crippen LogP contribution in [0.5, 0.6) is 11.5 Å². The van der Waals surface area contributed by atoms with Gasteiger partial charge in [-0.2, -0.15) is 0 Å². The summed E-state index contributed by atoms with van der Waals surface area (Å²) in [5.41, 5.74) is 2.15. The van der Waals surface area contributed by atoms with E-state index in [4.69, 9.17) is 16.3 Å². The number of hydrogen-bond donors (Lipinski definition) is 1. The number of hydrogen-bond acceptors (Lipinski definition) is 2. The van der Waals surface area contributed by atoms with Gasteiger partial charge < -0.3 is 9.84 Å². The van der Waals surface area contributed by atoms with Crippen LogP contribution in [-0.2, 0) is 5.41 Å². The van der Waals surface area contributed by atoms with Crippen LogP contribution in [0.3, 0.4) is 0 Å². The lowest BCUT2D eigenvalue weighted by atomic mass is 9.87. The molecule has 1 N–H and O–H groups in total. The average Bonchev–Trinajstić information content (AvgIpc) is 2.40. The van der Waals surface area contributed by atoms with E-state index < -0.39 is 6.10 Å². The predicted molar refractivity (Wildman–Crippen MR) is 87.3 cm³/mol. The average molecular weight is 305 g/mol. The molecule has 1 atom stereocenters. The summed E-state index contributed by atoms with van der Waals surface area (Å²) in [6.07, 6.45) is -0.539. The van der Waals surface area contributed by atoms with Crippen molar-refractivity contribution < 1.29 is 9.84 Å². The van der Waals surface area contributed by atoms with Gasteiger partial charge in [-0.15, -0.1) is 0 Å². The maximum atomic E-state index is 9.54. The molecule has 0 radical (unpaired) electrons. The molecule has 0 aliphatic rings. The van der Waals surface area contributed by atoms with Crippen molar-refractivity contribution in [2.45, 2.75) is 39.2 Å². The molecule has 0 saturated carbocycles. The van der Waals surface area contributed by atoms with E-state index in [9.17, 15) is 5.11 Å². The SMILES string of the molecule is C[C@@H](O)c1ccc(Oc2ccc(C(C)(C)C)cc2)c(Cl)c1. The van der Waals surface area contributed by atoms with E-state index in [-0.39, 0.29) is 5.41 Å². The highest BCUT2D eigenvalue weighted by atomic mass is 35.5. The van der Waals surface area contributed by atoms with Crippen LogP contribution >= 0.6 is 11.6 Å². The third-order valence-corrected chi connectivity index (χ3v) is 3.68. The van der Waals surface area contributed by atoms with E-state index in [1.807, 2.05) is 18.2 Å². The Morgan fingerprint density at radius 2 is 1.67 bits per heavy atom. The number of aliphatic hydroxyl groups excluding tert-OH is 1. The summed E-state index contributed by atoms with van der Waals surface area (Å²) in [7, 11) is 0. The predicted octanol–water partition coefficient (Wildman–Crippen LogP) is 5.48. The Labute approximate surface area is 131 Å². The van der Waals surface area contributed by atoms with Gasteiger partial charge in [-0.25, -0.2) is 0 Å². The maximum Gasteiger partial charge on any atom is 0.146 e. The minimum atomic E-state index is -0.539. The van der Waals surface area contributed by atoms with Crippen LogP contribution in [-0.4, -0.2) is 5.11 Å². The van der Waals surface area contributed by atoms with Gasteiger partial charge in [-0.1, -0.05) is 50.6 Å². The van der Waals surface area contributed by atoms with Crippen molar-refractivity contribution in [3.8, 4) is 11.5 Å². The molecular formula is C18H21ClO2. The standard InChI is InChI=1S/C18H21ClO2/c1-12(20)13-5-10-17(16(19)11-13)21-15-8-6-14(7-9-15)18(2,3)4/h5-12,20H,1-4H3/t12-/m1/s1. The molecule has 0 spiro atoms. The molecule has 3 heteroatoms. The Balaban J connectivity index is 2.19. The highest BCUT2D eigenvalue weighted by Crippen LogP contribution is 2.32. The van der Waals surface area contributed by atoms with Crippen molar-refractivity contribution >= 4 is 11.6 Å². The first-order chi connectivity index (χ1) is 9.77. The van der Waals surface area contributed by atoms with Crippen LogP contribution in [0.25, 0.3) is 0 Å². The lowest BCUT2D eigenvalue weighted by Gasteiger charge is -2.19. The van der Waals surface area contributed by atoms with Crippen LogP contribution in [0.2, 0.25) is 5.02 Å². The quantitative estimate of drug-likeness (QED) is 0.813. The fraction of sp³-hybridized carbons (Fsp3) is 0.333. The lowest BCUT2D eigenvalue weighted by Crippen LogP contribution is -2.10. The Morgan fingerprint density at radius 1 is 1.05 bits per heavy atom. The number of ether oxygens (including phenoxy) is 1. The zero-order chi connectivity index (χ0) is 15.6. The van der Waals surface area contributed by atoms with Gasteiger partial charge in [0, 0.05) is 0 Å². The van der Waals surface area contributed by atoms with Gasteiger partial charge in [0.1, 0.15) is 11.5 Å². The van der Waals surface area contributed by atoms with Crippen LogP contribution in [0.4, 0.5) is 0 Å². The van der Waals surface area contributed by atoms with Crippen LogP contribution in [0.15, 0.2) is 42.5 Å². The molecule has 21 heavy (non-hydrogen) atoms. The van der Waals surface area contributed by atoms with E-state index in [0.29, 0.717) is 10.8 Å². The Bertz CT molecular complexity index is 610. The summed E-state index contributed by atoms with van der Waals surface area (Å²) in [5, 5.41) is 10.0. The molecule has 0 bridgehead atoms. The summed E-state index contributed by atoms with van der Waals surface area (Å²) in [6.45, 7) is 8.23. The lowest BCUT2D eigenvalue weighted by molar-refractivity contribution is 0.199. The highest BCUT2D eigenvalue weighted by molar-refractivity contribution is 6.32. The fourth-order valence-electron chi connectivity index (χ4n) is 2.01. The zero-order valence-electron chi connectivity index (χ0n) is 12.9. The Kier molecular flexibility index (Phi) is 4.60. The van der Waals surface area contributed by atoms with Gasteiger partial charge in [0.2, 0.25) is 0 Å². The number of rotatable bonds is 3. The molecule has 2 aromatic carbocycles. The molecule has 0 saturated heterocycles.